The number of hydrogen-bond donors (Lipinski definition) is 2. The minimum Gasteiger partial charge on any atom is -0.494 e. The normalized spacial score (nSPS) is 10.6. The van der Waals surface area contributed by atoms with Crippen molar-refractivity contribution in [2.75, 3.05) is 25.0 Å². The van der Waals surface area contributed by atoms with Crippen LogP contribution in [-0.2, 0) is 13.1 Å². The van der Waals surface area contributed by atoms with Crippen molar-refractivity contribution in [2.24, 2.45) is 0 Å². The Hall–Kier alpha value is -2.11. The molecule has 0 aromatic heterocycles. The average Bonchev–Trinajstić information content (AvgIpc) is 2.67. The van der Waals surface area contributed by atoms with E-state index in [1.165, 1.54) is 11.1 Å². The Morgan fingerprint density at radius 2 is 1.54 bits per heavy atom. The summed E-state index contributed by atoms with van der Waals surface area (Å²) in [5.41, 5.74) is 3.50. The first-order valence-corrected chi connectivity index (χ1v) is 9.63. The molecule has 0 fully saturated rings. The minimum absolute atomic E-state index is 0.612. The van der Waals surface area contributed by atoms with E-state index >= 15 is 0 Å². The molecular formula is C21H29N3OS. The first kappa shape index (κ1) is 20.2. The zero-order valence-electron chi connectivity index (χ0n) is 15.9. The number of hydrogen-bond acceptors (Lipinski definition) is 3. The summed E-state index contributed by atoms with van der Waals surface area (Å²) in [6.45, 7) is 10.9. The summed E-state index contributed by atoms with van der Waals surface area (Å²) in [5, 5.41) is 7.05. The highest BCUT2D eigenvalue weighted by Gasteiger charge is 2.02. The zero-order valence-corrected chi connectivity index (χ0v) is 16.7. The Balaban J connectivity index is 1.79. The van der Waals surface area contributed by atoms with Crippen LogP contribution in [0.15, 0.2) is 48.5 Å². The second-order valence-electron chi connectivity index (χ2n) is 6.04. The highest BCUT2D eigenvalue weighted by molar-refractivity contribution is 7.80. The molecule has 5 heteroatoms. The van der Waals surface area contributed by atoms with Crippen molar-refractivity contribution < 1.29 is 4.74 Å². The molecule has 0 aliphatic heterocycles. The molecule has 2 aromatic rings. The fourth-order valence-corrected chi connectivity index (χ4v) is 2.82. The number of ether oxygens (including phenoxy) is 1. The molecule has 4 nitrogen and oxygen atoms in total. The van der Waals surface area contributed by atoms with Crippen molar-refractivity contribution in [3.8, 4) is 5.75 Å². The molecule has 0 aliphatic rings. The van der Waals surface area contributed by atoms with Gasteiger partial charge in [-0.05, 0) is 67.6 Å². The quantitative estimate of drug-likeness (QED) is 0.639. The molecule has 0 bridgehead atoms. The van der Waals surface area contributed by atoms with Crippen LogP contribution < -0.4 is 15.4 Å². The van der Waals surface area contributed by atoms with Crippen LogP contribution >= 0.6 is 12.2 Å². The third-order valence-corrected chi connectivity index (χ3v) is 4.45. The summed E-state index contributed by atoms with van der Waals surface area (Å²) in [7, 11) is 0. The first-order chi connectivity index (χ1) is 12.6. The maximum atomic E-state index is 5.44. The number of nitrogens with zero attached hydrogens (tertiary/aromatic N) is 1. The third kappa shape index (κ3) is 6.65. The van der Waals surface area contributed by atoms with Crippen LogP contribution in [0.1, 0.15) is 31.9 Å². The molecular weight excluding hydrogens is 342 g/mol. The number of anilines is 1. The molecule has 2 aromatic carbocycles. The topological polar surface area (TPSA) is 36.5 Å². The Morgan fingerprint density at radius 3 is 2.12 bits per heavy atom. The van der Waals surface area contributed by atoms with Crippen LogP contribution in [0.3, 0.4) is 0 Å². The van der Waals surface area contributed by atoms with Gasteiger partial charge in [0.15, 0.2) is 5.11 Å². The van der Waals surface area contributed by atoms with Gasteiger partial charge < -0.3 is 15.4 Å². The number of nitrogens with one attached hydrogen (secondary N) is 2. The third-order valence-electron chi connectivity index (χ3n) is 4.20. The maximum Gasteiger partial charge on any atom is 0.171 e. The van der Waals surface area contributed by atoms with Gasteiger partial charge in [-0.1, -0.05) is 38.1 Å². The van der Waals surface area contributed by atoms with Crippen LogP contribution in [0.4, 0.5) is 5.69 Å². The molecule has 2 N–H and O–H groups in total. The van der Waals surface area contributed by atoms with Gasteiger partial charge in [0, 0.05) is 18.8 Å². The smallest absolute Gasteiger partial charge is 0.171 e. The van der Waals surface area contributed by atoms with Gasteiger partial charge in [-0.2, -0.15) is 0 Å². The lowest BCUT2D eigenvalue weighted by molar-refractivity contribution is 0.296. The Bertz CT molecular complexity index is 667. The Labute approximate surface area is 162 Å². The maximum absolute atomic E-state index is 5.44. The highest BCUT2D eigenvalue weighted by atomic mass is 32.1. The summed E-state index contributed by atoms with van der Waals surface area (Å²) in [6, 6.07) is 16.5. The van der Waals surface area contributed by atoms with Crippen molar-refractivity contribution >= 4 is 23.0 Å². The van der Waals surface area contributed by atoms with Gasteiger partial charge in [-0.25, -0.2) is 0 Å². The van der Waals surface area contributed by atoms with E-state index in [1.807, 2.05) is 31.2 Å². The summed E-state index contributed by atoms with van der Waals surface area (Å²) >= 11 is 5.37. The van der Waals surface area contributed by atoms with Crippen LogP contribution in [0, 0.1) is 0 Å². The predicted molar refractivity (Wildman–Crippen MR) is 114 cm³/mol. The van der Waals surface area contributed by atoms with E-state index in [-0.39, 0.29) is 0 Å². The molecule has 0 amide bonds. The van der Waals surface area contributed by atoms with Gasteiger partial charge in [0.05, 0.1) is 6.61 Å². The first-order valence-electron chi connectivity index (χ1n) is 9.22. The van der Waals surface area contributed by atoms with Crippen molar-refractivity contribution in [3.63, 3.8) is 0 Å². The van der Waals surface area contributed by atoms with Crippen molar-refractivity contribution in [2.45, 2.75) is 33.9 Å². The number of thiocarbonyl (C=S) groups is 1. The Kier molecular flexibility index (Phi) is 8.38. The molecule has 2 rings (SSSR count). The summed E-state index contributed by atoms with van der Waals surface area (Å²) in [5.74, 6) is 0.863. The van der Waals surface area contributed by atoms with E-state index in [2.05, 4.69) is 53.6 Å². The fraction of sp³-hybridized carbons (Fsp3) is 0.381. The number of rotatable bonds is 9. The largest absolute Gasteiger partial charge is 0.494 e. The molecule has 0 heterocycles. The summed E-state index contributed by atoms with van der Waals surface area (Å²) in [4.78, 5) is 2.41. The van der Waals surface area contributed by atoms with Crippen LogP contribution in [0.5, 0.6) is 5.75 Å². The van der Waals surface area contributed by atoms with Crippen LogP contribution in [0.25, 0.3) is 0 Å². The molecule has 0 atom stereocenters. The fourth-order valence-electron chi connectivity index (χ4n) is 2.63. The van der Waals surface area contributed by atoms with E-state index in [9.17, 15) is 0 Å². The standard InChI is InChI=1S/C21H29N3OS/c1-4-24(5-2)16-18-9-7-17(8-10-18)15-22-21(26)23-19-11-13-20(14-12-19)25-6-3/h7-14H,4-6,15-16H2,1-3H3,(H2,22,23,26). The van der Waals surface area contributed by atoms with Crippen molar-refractivity contribution in [3.05, 3.63) is 59.7 Å². The second-order valence-corrected chi connectivity index (χ2v) is 6.45. The van der Waals surface area contributed by atoms with E-state index in [0.29, 0.717) is 18.3 Å². The van der Waals surface area contributed by atoms with Gasteiger partial charge in [-0.3, -0.25) is 4.90 Å². The van der Waals surface area contributed by atoms with Gasteiger partial charge in [-0.15, -0.1) is 0 Å². The molecule has 0 spiro atoms. The van der Waals surface area contributed by atoms with Crippen LogP contribution in [-0.4, -0.2) is 29.7 Å². The summed E-state index contributed by atoms with van der Waals surface area (Å²) < 4.78 is 5.44. The second kappa shape index (κ2) is 10.8. The SMILES string of the molecule is CCOc1ccc(NC(=S)NCc2ccc(CN(CC)CC)cc2)cc1. The molecule has 26 heavy (non-hydrogen) atoms. The van der Waals surface area contributed by atoms with Gasteiger partial charge >= 0.3 is 0 Å². The monoisotopic (exact) mass is 371 g/mol. The van der Waals surface area contributed by atoms with E-state index in [4.69, 9.17) is 17.0 Å². The molecule has 0 unspecified atom stereocenters. The van der Waals surface area contributed by atoms with E-state index in [1.54, 1.807) is 0 Å². The minimum atomic E-state index is 0.612. The highest BCUT2D eigenvalue weighted by Crippen LogP contribution is 2.15. The average molecular weight is 372 g/mol. The molecule has 0 saturated heterocycles. The van der Waals surface area contributed by atoms with Crippen molar-refractivity contribution in [1.29, 1.82) is 0 Å². The summed E-state index contributed by atoms with van der Waals surface area (Å²) in [6.07, 6.45) is 0. The number of benzene rings is 2. The zero-order chi connectivity index (χ0) is 18.8. The molecule has 0 radical (unpaired) electrons. The molecule has 0 saturated carbocycles. The van der Waals surface area contributed by atoms with E-state index < -0.39 is 0 Å². The van der Waals surface area contributed by atoms with Gasteiger partial charge in [0.2, 0.25) is 0 Å². The van der Waals surface area contributed by atoms with Gasteiger partial charge in [0.1, 0.15) is 5.75 Å². The lowest BCUT2D eigenvalue weighted by atomic mass is 10.1. The predicted octanol–water partition coefficient (Wildman–Crippen LogP) is 4.41. The van der Waals surface area contributed by atoms with E-state index in [0.717, 1.165) is 31.1 Å². The Morgan fingerprint density at radius 1 is 0.923 bits per heavy atom. The lowest BCUT2D eigenvalue weighted by Gasteiger charge is -2.18. The molecule has 0 aliphatic carbocycles. The molecule has 140 valence electrons. The lowest BCUT2D eigenvalue weighted by Crippen LogP contribution is -2.27. The van der Waals surface area contributed by atoms with Crippen molar-refractivity contribution in [1.82, 2.24) is 10.2 Å². The van der Waals surface area contributed by atoms with Crippen LogP contribution in [0.2, 0.25) is 0 Å². The van der Waals surface area contributed by atoms with Gasteiger partial charge in [0.25, 0.3) is 0 Å².